The summed E-state index contributed by atoms with van der Waals surface area (Å²) in [5.41, 5.74) is 8.89. The molecule has 4 nitrogen and oxygen atoms in total. The second kappa shape index (κ2) is 4.06. The van der Waals surface area contributed by atoms with Crippen molar-refractivity contribution in [1.82, 2.24) is 4.98 Å². The Morgan fingerprint density at radius 1 is 1.25 bits per heavy atom. The van der Waals surface area contributed by atoms with Crippen LogP contribution in [0.3, 0.4) is 0 Å². The fourth-order valence-electron chi connectivity index (χ4n) is 1.96. The monoisotopic (exact) mass is 220 g/mol. The molecule has 0 bridgehead atoms. The third-order valence-corrected chi connectivity index (χ3v) is 2.83. The number of aromatic amines is 1. The van der Waals surface area contributed by atoms with Crippen molar-refractivity contribution in [3.8, 4) is 11.5 Å². The van der Waals surface area contributed by atoms with Crippen LogP contribution in [0.2, 0.25) is 0 Å². The molecule has 0 aliphatic heterocycles. The van der Waals surface area contributed by atoms with Gasteiger partial charge in [-0.15, -0.1) is 0 Å². The number of rotatable bonds is 3. The molecule has 1 aromatic heterocycles. The lowest BCUT2D eigenvalue weighted by molar-refractivity contribution is 0.397. The van der Waals surface area contributed by atoms with Gasteiger partial charge in [-0.1, -0.05) is 0 Å². The minimum atomic E-state index is 0.502. The first kappa shape index (κ1) is 10.8. The van der Waals surface area contributed by atoms with E-state index in [-0.39, 0.29) is 0 Å². The summed E-state index contributed by atoms with van der Waals surface area (Å²) in [4.78, 5) is 3.29. The van der Waals surface area contributed by atoms with Crippen LogP contribution in [-0.4, -0.2) is 19.2 Å². The molecule has 0 amide bonds. The molecule has 4 heteroatoms. The highest BCUT2D eigenvalue weighted by Gasteiger charge is 2.12. The van der Waals surface area contributed by atoms with Crippen molar-refractivity contribution < 1.29 is 9.47 Å². The standard InChI is InChI=1S/C12H16N2O2/c1-7-10(6-13)9-4-8(15-2)5-11(16-3)12(9)14-7/h4-5,14H,6,13H2,1-3H3. The zero-order valence-electron chi connectivity index (χ0n) is 9.76. The second-order valence-electron chi connectivity index (χ2n) is 3.68. The first-order valence-electron chi connectivity index (χ1n) is 5.14. The van der Waals surface area contributed by atoms with Crippen molar-refractivity contribution in [2.24, 2.45) is 5.73 Å². The summed E-state index contributed by atoms with van der Waals surface area (Å²) in [5, 5.41) is 1.07. The van der Waals surface area contributed by atoms with Crippen LogP contribution in [0.4, 0.5) is 0 Å². The van der Waals surface area contributed by atoms with Gasteiger partial charge in [-0.05, 0) is 18.6 Å². The summed E-state index contributed by atoms with van der Waals surface area (Å²) in [6.07, 6.45) is 0. The lowest BCUT2D eigenvalue weighted by Gasteiger charge is -2.06. The van der Waals surface area contributed by atoms with Gasteiger partial charge in [-0.25, -0.2) is 0 Å². The van der Waals surface area contributed by atoms with Gasteiger partial charge in [-0.2, -0.15) is 0 Å². The van der Waals surface area contributed by atoms with Crippen LogP contribution in [-0.2, 0) is 6.54 Å². The number of fused-ring (bicyclic) bond motifs is 1. The normalized spacial score (nSPS) is 10.8. The quantitative estimate of drug-likeness (QED) is 0.831. The van der Waals surface area contributed by atoms with Crippen LogP contribution in [0.15, 0.2) is 12.1 Å². The summed E-state index contributed by atoms with van der Waals surface area (Å²) >= 11 is 0. The summed E-state index contributed by atoms with van der Waals surface area (Å²) in [6, 6.07) is 3.84. The highest BCUT2D eigenvalue weighted by atomic mass is 16.5. The van der Waals surface area contributed by atoms with E-state index in [1.54, 1.807) is 14.2 Å². The fraction of sp³-hybridized carbons (Fsp3) is 0.333. The van der Waals surface area contributed by atoms with Crippen molar-refractivity contribution in [2.75, 3.05) is 14.2 Å². The Hall–Kier alpha value is -1.68. The predicted molar refractivity (Wildman–Crippen MR) is 64.0 cm³/mol. The number of H-pyrrole nitrogens is 1. The third kappa shape index (κ3) is 1.51. The van der Waals surface area contributed by atoms with Crippen LogP contribution in [0.1, 0.15) is 11.3 Å². The van der Waals surface area contributed by atoms with Crippen LogP contribution in [0.5, 0.6) is 11.5 Å². The maximum atomic E-state index is 5.74. The van der Waals surface area contributed by atoms with Gasteiger partial charge in [0.05, 0.1) is 19.7 Å². The Morgan fingerprint density at radius 3 is 2.56 bits per heavy atom. The van der Waals surface area contributed by atoms with Crippen molar-refractivity contribution >= 4 is 10.9 Å². The molecule has 0 aliphatic rings. The van der Waals surface area contributed by atoms with Gasteiger partial charge in [0.2, 0.25) is 0 Å². The van der Waals surface area contributed by atoms with E-state index >= 15 is 0 Å². The first-order valence-corrected chi connectivity index (χ1v) is 5.14. The van der Waals surface area contributed by atoms with E-state index in [0.717, 1.165) is 33.7 Å². The molecule has 0 fully saturated rings. The zero-order chi connectivity index (χ0) is 11.7. The molecule has 1 aromatic carbocycles. The SMILES string of the molecule is COc1cc(OC)c2[nH]c(C)c(CN)c2c1. The summed E-state index contributed by atoms with van der Waals surface area (Å²) < 4.78 is 10.6. The lowest BCUT2D eigenvalue weighted by atomic mass is 10.1. The molecule has 0 spiro atoms. The predicted octanol–water partition coefficient (Wildman–Crippen LogP) is 1.95. The average molecular weight is 220 g/mol. The second-order valence-corrected chi connectivity index (χ2v) is 3.68. The largest absolute Gasteiger partial charge is 0.497 e. The summed E-state index contributed by atoms with van der Waals surface area (Å²) in [6.45, 7) is 2.51. The molecule has 0 atom stereocenters. The molecule has 3 N–H and O–H groups in total. The smallest absolute Gasteiger partial charge is 0.146 e. The molecule has 0 saturated carbocycles. The van der Waals surface area contributed by atoms with E-state index in [1.165, 1.54) is 0 Å². The highest BCUT2D eigenvalue weighted by molar-refractivity contribution is 5.91. The Labute approximate surface area is 94.3 Å². The highest BCUT2D eigenvalue weighted by Crippen LogP contribution is 2.33. The number of benzene rings is 1. The van der Waals surface area contributed by atoms with Gasteiger partial charge in [-0.3, -0.25) is 0 Å². The molecule has 0 saturated heterocycles. The van der Waals surface area contributed by atoms with Gasteiger partial charge < -0.3 is 20.2 Å². The molecule has 16 heavy (non-hydrogen) atoms. The van der Waals surface area contributed by atoms with Gasteiger partial charge >= 0.3 is 0 Å². The third-order valence-electron chi connectivity index (χ3n) is 2.83. The fourth-order valence-corrected chi connectivity index (χ4v) is 1.96. The van der Waals surface area contributed by atoms with Crippen molar-refractivity contribution in [2.45, 2.75) is 13.5 Å². The minimum Gasteiger partial charge on any atom is -0.497 e. The molecular weight excluding hydrogens is 204 g/mol. The van der Waals surface area contributed by atoms with E-state index in [1.807, 2.05) is 19.1 Å². The van der Waals surface area contributed by atoms with Crippen LogP contribution in [0.25, 0.3) is 10.9 Å². The first-order chi connectivity index (χ1) is 7.71. The van der Waals surface area contributed by atoms with E-state index in [9.17, 15) is 0 Å². The maximum Gasteiger partial charge on any atom is 0.146 e. The molecule has 0 radical (unpaired) electrons. The number of methoxy groups -OCH3 is 2. The van der Waals surface area contributed by atoms with Crippen molar-refractivity contribution in [3.05, 3.63) is 23.4 Å². The number of aryl methyl sites for hydroxylation is 1. The molecule has 2 aromatic rings. The van der Waals surface area contributed by atoms with Gasteiger partial charge in [0, 0.05) is 23.7 Å². The Bertz CT molecular complexity index is 517. The Balaban J connectivity index is 2.78. The van der Waals surface area contributed by atoms with Gasteiger partial charge in [0.1, 0.15) is 11.5 Å². The van der Waals surface area contributed by atoms with Crippen molar-refractivity contribution in [1.29, 1.82) is 0 Å². The van der Waals surface area contributed by atoms with Crippen LogP contribution < -0.4 is 15.2 Å². The Kier molecular flexibility index (Phi) is 2.75. The molecule has 2 rings (SSSR count). The molecule has 86 valence electrons. The Morgan fingerprint density at radius 2 is 2.00 bits per heavy atom. The van der Waals surface area contributed by atoms with Gasteiger partial charge in [0.15, 0.2) is 0 Å². The van der Waals surface area contributed by atoms with Crippen LogP contribution >= 0.6 is 0 Å². The van der Waals surface area contributed by atoms with E-state index in [4.69, 9.17) is 15.2 Å². The van der Waals surface area contributed by atoms with E-state index < -0.39 is 0 Å². The number of nitrogens with two attached hydrogens (primary N) is 1. The average Bonchev–Trinajstić information content (AvgIpc) is 2.62. The van der Waals surface area contributed by atoms with E-state index in [2.05, 4.69) is 4.98 Å². The molecular formula is C12H16N2O2. The summed E-state index contributed by atoms with van der Waals surface area (Å²) in [5.74, 6) is 1.55. The van der Waals surface area contributed by atoms with Crippen molar-refractivity contribution in [3.63, 3.8) is 0 Å². The zero-order valence-corrected chi connectivity index (χ0v) is 9.76. The van der Waals surface area contributed by atoms with E-state index in [0.29, 0.717) is 6.54 Å². The molecule has 0 unspecified atom stereocenters. The molecule has 0 aliphatic carbocycles. The maximum absolute atomic E-state index is 5.74. The molecule has 1 heterocycles. The minimum absolute atomic E-state index is 0.502. The number of ether oxygens (including phenoxy) is 2. The lowest BCUT2D eigenvalue weighted by Crippen LogP contribution is -1.97. The number of hydrogen-bond donors (Lipinski definition) is 2. The van der Waals surface area contributed by atoms with Crippen LogP contribution in [0, 0.1) is 6.92 Å². The summed E-state index contributed by atoms with van der Waals surface area (Å²) in [7, 11) is 3.29. The number of nitrogens with one attached hydrogen (secondary N) is 1. The van der Waals surface area contributed by atoms with Gasteiger partial charge in [0.25, 0.3) is 0 Å². The topological polar surface area (TPSA) is 60.3 Å². The number of aromatic nitrogens is 1. The number of hydrogen-bond acceptors (Lipinski definition) is 3.